The van der Waals surface area contributed by atoms with Crippen molar-refractivity contribution in [2.24, 2.45) is 5.73 Å². The van der Waals surface area contributed by atoms with E-state index in [0.29, 0.717) is 0 Å². The fourth-order valence-corrected chi connectivity index (χ4v) is 1.04. The Morgan fingerprint density at radius 1 is 1.73 bits per heavy atom. The van der Waals surface area contributed by atoms with Gasteiger partial charge in [-0.15, -0.1) is 0 Å². The van der Waals surface area contributed by atoms with Crippen molar-refractivity contribution in [1.29, 1.82) is 0 Å². The first-order chi connectivity index (χ1) is 4.88. The molecule has 6 nitrogen and oxygen atoms in total. The molecule has 0 rings (SSSR count). The highest BCUT2D eigenvalue weighted by molar-refractivity contribution is 7.86. The lowest BCUT2D eigenvalue weighted by Crippen LogP contribution is -2.44. The van der Waals surface area contributed by atoms with E-state index in [4.69, 9.17) is 10.3 Å². The zero-order valence-electron chi connectivity index (χ0n) is 5.94. The van der Waals surface area contributed by atoms with Crippen LogP contribution in [0.4, 0.5) is 0 Å². The number of hydrogen-bond donors (Lipinski definition) is 3. The first kappa shape index (κ1) is 10.3. The molecule has 0 aliphatic heterocycles. The third kappa shape index (κ3) is 3.91. The lowest BCUT2D eigenvalue weighted by molar-refractivity contribution is -0.119. The molecule has 0 aromatic rings. The fraction of sp³-hybridized carbons (Fsp3) is 0.750. The maximum absolute atomic E-state index is 10.4. The van der Waals surface area contributed by atoms with Crippen LogP contribution in [0.5, 0.6) is 0 Å². The van der Waals surface area contributed by atoms with E-state index in [1.165, 1.54) is 0 Å². The monoisotopic (exact) mass is 182 g/mol. The van der Waals surface area contributed by atoms with Gasteiger partial charge in [-0.05, 0) is 0 Å². The molecule has 0 bridgehead atoms. The van der Waals surface area contributed by atoms with Gasteiger partial charge >= 0.3 is 0 Å². The van der Waals surface area contributed by atoms with Crippen molar-refractivity contribution in [2.45, 2.75) is 12.3 Å². The van der Waals surface area contributed by atoms with Crippen LogP contribution in [0.15, 0.2) is 0 Å². The van der Waals surface area contributed by atoms with Crippen molar-refractivity contribution in [3.8, 4) is 0 Å². The SMILES string of the molecule is CC(=O)NC(CN)S(=O)(=O)O. The van der Waals surface area contributed by atoms with Gasteiger partial charge in [0.25, 0.3) is 10.1 Å². The van der Waals surface area contributed by atoms with E-state index in [0.717, 1.165) is 6.92 Å². The van der Waals surface area contributed by atoms with Crippen LogP contribution in [0, 0.1) is 0 Å². The summed E-state index contributed by atoms with van der Waals surface area (Å²) in [6.45, 7) is 0.784. The molecule has 11 heavy (non-hydrogen) atoms. The van der Waals surface area contributed by atoms with Crippen molar-refractivity contribution < 1.29 is 17.8 Å². The minimum absolute atomic E-state index is 0.349. The third-order valence-electron chi connectivity index (χ3n) is 0.938. The molecule has 0 saturated heterocycles. The molecule has 7 heteroatoms. The zero-order valence-corrected chi connectivity index (χ0v) is 6.76. The molecule has 0 fully saturated rings. The number of nitrogens with one attached hydrogen (secondary N) is 1. The summed E-state index contributed by atoms with van der Waals surface area (Å²) in [5, 5.41) is 0.565. The predicted octanol–water partition coefficient (Wildman–Crippen LogP) is -1.70. The molecule has 4 N–H and O–H groups in total. The average Bonchev–Trinajstić information content (AvgIpc) is 1.79. The number of carbonyl (C=O) groups excluding carboxylic acids is 1. The van der Waals surface area contributed by atoms with Gasteiger partial charge in [0.15, 0.2) is 5.37 Å². The summed E-state index contributed by atoms with van der Waals surface area (Å²) in [5.41, 5.74) is 4.95. The molecule has 0 aromatic carbocycles. The Morgan fingerprint density at radius 3 is 2.27 bits per heavy atom. The van der Waals surface area contributed by atoms with Crippen LogP contribution < -0.4 is 11.1 Å². The molecule has 0 spiro atoms. The standard InChI is InChI=1S/C4H10N2O4S/c1-3(7)6-4(2-5)11(8,9)10/h4H,2,5H2,1H3,(H,6,7)(H,8,9,10). The van der Waals surface area contributed by atoms with Gasteiger partial charge in [0.05, 0.1) is 0 Å². The average molecular weight is 182 g/mol. The van der Waals surface area contributed by atoms with Crippen LogP contribution in [0.3, 0.4) is 0 Å². The van der Waals surface area contributed by atoms with E-state index in [-0.39, 0.29) is 6.54 Å². The maximum Gasteiger partial charge on any atom is 0.287 e. The van der Waals surface area contributed by atoms with E-state index in [9.17, 15) is 13.2 Å². The van der Waals surface area contributed by atoms with Gasteiger partial charge in [0.1, 0.15) is 0 Å². The van der Waals surface area contributed by atoms with Gasteiger partial charge in [0, 0.05) is 13.5 Å². The Kier molecular flexibility index (Phi) is 3.43. The number of rotatable bonds is 3. The molecule has 1 atom stereocenters. The fourth-order valence-electron chi connectivity index (χ4n) is 0.482. The highest BCUT2D eigenvalue weighted by Gasteiger charge is 2.21. The van der Waals surface area contributed by atoms with Crippen LogP contribution in [0.25, 0.3) is 0 Å². The number of hydrogen-bond acceptors (Lipinski definition) is 4. The Hall–Kier alpha value is -0.660. The molecule has 1 unspecified atom stereocenters. The summed E-state index contributed by atoms with van der Waals surface area (Å²) in [4.78, 5) is 10.3. The molecule has 0 aromatic heterocycles. The van der Waals surface area contributed by atoms with Crippen molar-refractivity contribution >= 4 is 16.0 Å². The van der Waals surface area contributed by atoms with Gasteiger partial charge < -0.3 is 11.1 Å². The van der Waals surface area contributed by atoms with Crippen LogP contribution in [-0.2, 0) is 14.9 Å². The smallest absolute Gasteiger partial charge is 0.287 e. The van der Waals surface area contributed by atoms with Crippen molar-refractivity contribution in [3.05, 3.63) is 0 Å². The molecule has 0 aliphatic carbocycles. The number of carbonyl (C=O) groups is 1. The van der Waals surface area contributed by atoms with Gasteiger partial charge in [-0.1, -0.05) is 0 Å². The Bertz CT molecular complexity index is 234. The minimum Gasteiger partial charge on any atom is -0.337 e. The first-order valence-corrected chi connectivity index (χ1v) is 4.31. The van der Waals surface area contributed by atoms with Crippen LogP contribution >= 0.6 is 0 Å². The molecule has 0 aliphatic rings. The van der Waals surface area contributed by atoms with E-state index in [1.807, 2.05) is 5.32 Å². The molecule has 0 heterocycles. The van der Waals surface area contributed by atoms with Crippen LogP contribution in [-0.4, -0.2) is 30.8 Å². The highest BCUT2D eigenvalue weighted by Crippen LogP contribution is 1.90. The van der Waals surface area contributed by atoms with E-state index in [1.54, 1.807) is 0 Å². The normalized spacial score (nSPS) is 14.1. The second-order valence-electron chi connectivity index (χ2n) is 1.94. The largest absolute Gasteiger partial charge is 0.337 e. The topological polar surface area (TPSA) is 109 Å². The number of amides is 1. The second-order valence-corrected chi connectivity index (χ2v) is 3.54. The summed E-state index contributed by atoms with van der Waals surface area (Å²) in [6.07, 6.45) is 0. The zero-order chi connectivity index (χ0) is 9.07. The lowest BCUT2D eigenvalue weighted by atomic mass is 10.6. The van der Waals surface area contributed by atoms with Crippen molar-refractivity contribution in [1.82, 2.24) is 5.32 Å². The van der Waals surface area contributed by atoms with E-state index >= 15 is 0 Å². The van der Waals surface area contributed by atoms with Gasteiger partial charge in [-0.3, -0.25) is 9.35 Å². The molecule has 0 saturated carbocycles. The molecular formula is C4H10N2O4S. The van der Waals surface area contributed by atoms with Gasteiger partial charge in [0.2, 0.25) is 5.91 Å². The lowest BCUT2D eigenvalue weighted by Gasteiger charge is -2.10. The Balaban J connectivity index is 4.31. The first-order valence-electron chi connectivity index (χ1n) is 2.81. The van der Waals surface area contributed by atoms with Gasteiger partial charge in [-0.25, -0.2) is 0 Å². The van der Waals surface area contributed by atoms with Crippen molar-refractivity contribution in [3.63, 3.8) is 0 Å². The Morgan fingerprint density at radius 2 is 2.18 bits per heavy atom. The van der Waals surface area contributed by atoms with Crippen molar-refractivity contribution in [2.75, 3.05) is 6.54 Å². The third-order valence-corrected chi connectivity index (χ3v) is 1.97. The Labute approximate surface area is 64.5 Å². The molecule has 0 radical (unpaired) electrons. The molecule has 1 amide bonds. The summed E-state index contributed by atoms with van der Waals surface area (Å²) in [7, 11) is -4.27. The van der Waals surface area contributed by atoms with Gasteiger partial charge in [-0.2, -0.15) is 8.42 Å². The quantitative estimate of drug-likeness (QED) is 0.450. The van der Waals surface area contributed by atoms with E-state index < -0.39 is 21.4 Å². The minimum atomic E-state index is -4.27. The maximum atomic E-state index is 10.4. The predicted molar refractivity (Wildman–Crippen MR) is 38.2 cm³/mol. The summed E-state index contributed by atoms with van der Waals surface area (Å²) in [5.74, 6) is -0.557. The number of nitrogens with two attached hydrogens (primary N) is 1. The molecular weight excluding hydrogens is 172 g/mol. The summed E-state index contributed by atoms with van der Waals surface area (Å²) < 4.78 is 29.1. The second kappa shape index (κ2) is 3.65. The molecule has 66 valence electrons. The summed E-state index contributed by atoms with van der Waals surface area (Å²) >= 11 is 0. The van der Waals surface area contributed by atoms with Crippen LogP contribution in [0.2, 0.25) is 0 Å². The summed E-state index contributed by atoms with van der Waals surface area (Å²) in [6, 6.07) is 0. The van der Waals surface area contributed by atoms with E-state index in [2.05, 4.69) is 0 Å². The highest BCUT2D eigenvalue weighted by atomic mass is 32.2. The van der Waals surface area contributed by atoms with Crippen LogP contribution in [0.1, 0.15) is 6.92 Å².